The van der Waals surface area contributed by atoms with Gasteiger partial charge in [0.2, 0.25) is 5.78 Å². The van der Waals surface area contributed by atoms with Gasteiger partial charge in [0, 0.05) is 10.5 Å². The van der Waals surface area contributed by atoms with Crippen molar-refractivity contribution in [3.63, 3.8) is 0 Å². The Bertz CT molecular complexity index is 1070. The molecule has 0 N–H and O–H groups in total. The maximum Gasteiger partial charge on any atom is 0.200 e. The van der Waals surface area contributed by atoms with Gasteiger partial charge in [-0.2, -0.15) is 0 Å². The fourth-order valence-electron chi connectivity index (χ4n) is 2.93. The zero-order chi connectivity index (χ0) is 19.7. The third-order valence-electron chi connectivity index (χ3n) is 4.40. The summed E-state index contributed by atoms with van der Waals surface area (Å²) in [4.78, 5) is 14.3. The monoisotopic (exact) mass is 514 g/mol. The van der Waals surface area contributed by atoms with E-state index < -0.39 is 0 Å². The number of benzene rings is 3. The Labute approximate surface area is 185 Å². The summed E-state index contributed by atoms with van der Waals surface area (Å²) in [6.07, 6.45) is 1.92. The lowest BCUT2D eigenvalue weighted by molar-refractivity contribution is 0.104. The first kappa shape index (κ1) is 19.5. The average Bonchev–Trinajstić information content (AvgIpc) is 2.98. The number of Topliss-reactive ketones (excluding diaryl/α,β-unsaturated/α-hetero) is 1. The summed E-state index contributed by atoms with van der Waals surface area (Å²) in [5, 5.41) is 0. The molecule has 5 heteroatoms. The van der Waals surface area contributed by atoms with Crippen LogP contribution in [0.2, 0.25) is 0 Å². The smallest absolute Gasteiger partial charge is 0.200 e. The molecule has 4 rings (SSSR count). The molecule has 0 fully saturated rings. The molecular formula is C23H16Br2O2S. The number of allylic oxidation sites excluding steroid dienone is 1. The van der Waals surface area contributed by atoms with Crippen molar-refractivity contribution < 1.29 is 9.53 Å². The second kappa shape index (κ2) is 8.27. The number of fused-ring (bicyclic) bond motifs is 1. The number of halogens is 2. The highest BCUT2D eigenvalue weighted by molar-refractivity contribution is 9.11. The molecule has 0 unspecified atom stereocenters. The normalized spacial score (nSPS) is 14.4. The molecule has 3 aromatic carbocycles. The number of thioether (sulfide) groups is 1. The molecule has 0 spiro atoms. The number of rotatable bonds is 4. The number of ether oxygens (including phenoxy) is 1. The Hall–Kier alpha value is -1.82. The summed E-state index contributed by atoms with van der Waals surface area (Å²) in [7, 11) is 0. The summed E-state index contributed by atoms with van der Waals surface area (Å²) in [6.45, 7) is 2.55. The molecule has 0 bridgehead atoms. The number of hydrogen-bond donors (Lipinski definition) is 0. The molecule has 1 heterocycles. The average molecular weight is 516 g/mol. The molecule has 0 saturated carbocycles. The Kier molecular flexibility index (Phi) is 5.76. The van der Waals surface area contributed by atoms with Crippen LogP contribution in [0.15, 0.2) is 79.4 Å². The Morgan fingerprint density at radius 2 is 1.68 bits per heavy atom. The summed E-state index contributed by atoms with van der Waals surface area (Å²) in [6, 6.07) is 19.9. The van der Waals surface area contributed by atoms with Gasteiger partial charge in [0.25, 0.3) is 0 Å². The molecule has 3 aromatic rings. The van der Waals surface area contributed by atoms with Crippen LogP contribution in [0, 0.1) is 6.92 Å². The van der Waals surface area contributed by atoms with Gasteiger partial charge in [-0.1, -0.05) is 53.7 Å². The van der Waals surface area contributed by atoms with Gasteiger partial charge in [0.1, 0.15) is 12.4 Å². The number of carbonyl (C=O) groups excluding carboxylic acids is 1. The first-order valence-electron chi connectivity index (χ1n) is 8.72. The number of aryl methyl sites for hydroxylation is 1. The van der Waals surface area contributed by atoms with Crippen LogP contribution in [0.25, 0.3) is 6.08 Å². The minimum absolute atomic E-state index is 0.0764. The van der Waals surface area contributed by atoms with Crippen molar-refractivity contribution >= 4 is 55.5 Å². The predicted molar refractivity (Wildman–Crippen MR) is 122 cm³/mol. The first-order chi connectivity index (χ1) is 13.5. The molecule has 0 saturated heterocycles. The number of hydrogen-bond acceptors (Lipinski definition) is 3. The van der Waals surface area contributed by atoms with E-state index in [-0.39, 0.29) is 5.78 Å². The van der Waals surface area contributed by atoms with Crippen molar-refractivity contribution in [2.24, 2.45) is 0 Å². The van der Waals surface area contributed by atoms with E-state index in [9.17, 15) is 4.79 Å². The lowest BCUT2D eigenvalue weighted by Crippen LogP contribution is -1.98. The minimum atomic E-state index is 0.0764. The van der Waals surface area contributed by atoms with E-state index in [4.69, 9.17) is 4.74 Å². The zero-order valence-corrected chi connectivity index (χ0v) is 19.0. The van der Waals surface area contributed by atoms with Crippen LogP contribution in [0.4, 0.5) is 0 Å². The molecular weight excluding hydrogens is 500 g/mol. The van der Waals surface area contributed by atoms with E-state index in [2.05, 4.69) is 63.0 Å². The van der Waals surface area contributed by atoms with Crippen LogP contribution in [0.1, 0.15) is 27.0 Å². The fraction of sp³-hybridized carbons (Fsp3) is 0.0870. The molecule has 28 heavy (non-hydrogen) atoms. The van der Waals surface area contributed by atoms with Crippen molar-refractivity contribution in [3.05, 3.63) is 96.8 Å². The van der Waals surface area contributed by atoms with Crippen LogP contribution < -0.4 is 4.74 Å². The maximum absolute atomic E-state index is 12.6. The van der Waals surface area contributed by atoms with Crippen LogP contribution in [0.5, 0.6) is 5.75 Å². The van der Waals surface area contributed by atoms with Crippen molar-refractivity contribution in [2.75, 3.05) is 0 Å². The predicted octanol–water partition coefficient (Wildman–Crippen LogP) is 7.43. The standard InChI is InChI=1S/C23H16Br2O2S/c1-14-6-8-15(9-7-14)13-27-23-18(24)10-16(11-19(23)25)12-21-22(26)17-4-2-3-5-20(17)28-21/h2-12H,13H2,1H3/b21-12+. The van der Waals surface area contributed by atoms with Crippen LogP contribution >= 0.6 is 43.6 Å². The molecule has 0 atom stereocenters. The van der Waals surface area contributed by atoms with E-state index in [1.165, 1.54) is 17.3 Å². The van der Waals surface area contributed by atoms with Crippen LogP contribution in [-0.4, -0.2) is 5.78 Å². The zero-order valence-electron chi connectivity index (χ0n) is 15.0. The third kappa shape index (κ3) is 4.12. The van der Waals surface area contributed by atoms with E-state index in [0.717, 1.165) is 41.2 Å². The molecule has 0 amide bonds. The molecule has 0 radical (unpaired) electrons. The van der Waals surface area contributed by atoms with Crippen molar-refractivity contribution in [1.29, 1.82) is 0 Å². The number of ketones is 1. The topological polar surface area (TPSA) is 26.3 Å². The summed E-state index contributed by atoms with van der Waals surface area (Å²) in [5.74, 6) is 0.823. The summed E-state index contributed by atoms with van der Waals surface area (Å²) in [5.41, 5.74) is 4.05. The highest BCUT2D eigenvalue weighted by Gasteiger charge is 2.25. The fourth-order valence-corrected chi connectivity index (χ4v) is 5.43. The van der Waals surface area contributed by atoms with Gasteiger partial charge < -0.3 is 4.74 Å². The molecule has 1 aliphatic heterocycles. The lowest BCUT2D eigenvalue weighted by Gasteiger charge is -2.12. The molecule has 0 aromatic heterocycles. The first-order valence-corrected chi connectivity index (χ1v) is 11.1. The van der Waals surface area contributed by atoms with Gasteiger partial charge in [0.05, 0.1) is 13.9 Å². The largest absolute Gasteiger partial charge is 0.487 e. The molecule has 0 aliphatic carbocycles. The van der Waals surface area contributed by atoms with E-state index >= 15 is 0 Å². The van der Waals surface area contributed by atoms with Gasteiger partial charge in [-0.25, -0.2) is 0 Å². The molecule has 140 valence electrons. The summed E-state index contributed by atoms with van der Waals surface area (Å²) < 4.78 is 7.69. The van der Waals surface area contributed by atoms with E-state index in [1.54, 1.807) is 0 Å². The number of carbonyl (C=O) groups is 1. The highest BCUT2D eigenvalue weighted by atomic mass is 79.9. The molecule has 2 nitrogen and oxygen atoms in total. The van der Waals surface area contributed by atoms with Crippen molar-refractivity contribution in [1.82, 2.24) is 0 Å². The second-order valence-corrected chi connectivity index (χ2v) is 9.32. The third-order valence-corrected chi connectivity index (χ3v) is 6.67. The van der Waals surface area contributed by atoms with Crippen molar-refractivity contribution in [3.8, 4) is 5.75 Å². The summed E-state index contributed by atoms with van der Waals surface area (Å²) >= 11 is 8.71. The lowest BCUT2D eigenvalue weighted by atomic mass is 10.1. The Morgan fingerprint density at radius 1 is 1.00 bits per heavy atom. The quantitative estimate of drug-likeness (QED) is 0.338. The minimum Gasteiger partial charge on any atom is -0.487 e. The second-order valence-electron chi connectivity index (χ2n) is 6.52. The van der Waals surface area contributed by atoms with Gasteiger partial charge in [-0.05, 0) is 80.3 Å². The van der Waals surface area contributed by atoms with Gasteiger partial charge in [0.15, 0.2) is 0 Å². The van der Waals surface area contributed by atoms with Crippen molar-refractivity contribution in [2.45, 2.75) is 18.4 Å². The van der Waals surface area contributed by atoms with E-state index in [1.807, 2.05) is 42.5 Å². The Morgan fingerprint density at radius 3 is 2.36 bits per heavy atom. The van der Waals surface area contributed by atoms with Gasteiger partial charge in [-0.15, -0.1) is 0 Å². The Balaban J connectivity index is 1.55. The van der Waals surface area contributed by atoms with Crippen LogP contribution in [0.3, 0.4) is 0 Å². The van der Waals surface area contributed by atoms with Gasteiger partial charge >= 0.3 is 0 Å². The SMILES string of the molecule is Cc1ccc(COc2c(Br)cc(/C=C3/Sc4ccccc4C3=O)cc2Br)cc1. The van der Waals surface area contributed by atoms with Crippen LogP contribution in [-0.2, 0) is 6.61 Å². The van der Waals surface area contributed by atoms with E-state index in [0.29, 0.717) is 6.61 Å². The molecule has 1 aliphatic rings. The maximum atomic E-state index is 12.6. The van der Waals surface area contributed by atoms with Gasteiger partial charge in [-0.3, -0.25) is 4.79 Å². The highest BCUT2D eigenvalue weighted by Crippen LogP contribution is 2.42.